The lowest BCUT2D eigenvalue weighted by atomic mass is 10.1. The molecule has 8 nitrogen and oxygen atoms in total. The Hall–Kier alpha value is -3.04. The number of nitro groups is 1. The van der Waals surface area contributed by atoms with Crippen LogP contribution in [0.4, 0.5) is 5.69 Å². The van der Waals surface area contributed by atoms with Gasteiger partial charge in [-0.05, 0) is 36.8 Å². The Balaban J connectivity index is 1.75. The number of sulfonamides is 1. The summed E-state index contributed by atoms with van der Waals surface area (Å²) in [6, 6.07) is 11.7. The molecule has 9 heteroatoms. The second kappa shape index (κ2) is 7.06. The molecule has 1 atom stereocenters. The van der Waals surface area contributed by atoms with Crippen molar-refractivity contribution in [2.24, 2.45) is 0 Å². The average Bonchev–Trinajstić information content (AvgIpc) is 3.16. The summed E-state index contributed by atoms with van der Waals surface area (Å²) >= 11 is 0. The van der Waals surface area contributed by atoms with Gasteiger partial charge in [0, 0.05) is 36.3 Å². The number of nitrogens with one attached hydrogen (secondary N) is 1. The molecule has 26 heavy (non-hydrogen) atoms. The summed E-state index contributed by atoms with van der Waals surface area (Å²) in [5.41, 5.74) is 1.54. The number of nitrogens with zero attached hydrogens (tertiary/aromatic N) is 3. The van der Waals surface area contributed by atoms with Crippen molar-refractivity contribution in [3.05, 3.63) is 82.9 Å². The molecule has 0 unspecified atom stereocenters. The second-order valence-corrected chi connectivity index (χ2v) is 7.37. The van der Waals surface area contributed by atoms with E-state index in [2.05, 4.69) is 9.71 Å². The molecule has 1 heterocycles. The van der Waals surface area contributed by atoms with Gasteiger partial charge in [0.2, 0.25) is 10.0 Å². The molecule has 1 N–H and O–H groups in total. The van der Waals surface area contributed by atoms with Crippen molar-refractivity contribution in [2.45, 2.75) is 17.9 Å². The summed E-state index contributed by atoms with van der Waals surface area (Å²) in [6.07, 6.45) is 5.17. The monoisotopic (exact) mass is 372 g/mol. The molecule has 0 aliphatic carbocycles. The maximum atomic E-state index is 12.5. The highest BCUT2D eigenvalue weighted by atomic mass is 32.2. The maximum absolute atomic E-state index is 12.5. The Kier molecular flexibility index (Phi) is 4.83. The fourth-order valence-corrected chi connectivity index (χ4v) is 3.69. The zero-order chi connectivity index (χ0) is 18.7. The van der Waals surface area contributed by atoms with Crippen LogP contribution in [0.1, 0.15) is 18.5 Å². The van der Waals surface area contributed by atoms with Gasteiger partial charge < -0.3 is 4.57 Å². The first-order chi connectivity index (χ1) is 12.4. The van der Waals surface area contributed by atoms with Gasteiger partial charge in [0.25, 0.3) is 5.69 Å². The molecule has 1 aromatic heterocycles. The van der Waals surface area contributed by atoms with Crippen LogP contribution >= 0.6 is 0 Å². The van der Waals surface area contributed by atoms with Crippen molar-refractivity contribution in [1.29, 1.82) is 0 Å². The van der Waals surface area contributed by atoms with Crippen LogP contribution in [0.15, 0.2) is 72.1 Å². The Morgan fingerprint density at radius 1 is 1.12 bits per heavy atom. The Labute approximate surface area is 150 Å². The van der Waals surface area contributed by atoms with Gasteiger partial charge >= 0.3 is 0 Å². The van der Waals surface area contributed by atoms with Crippen molar-refractivity contribution in [2.75, 3.05) is 0 Å². The summed E-state index contributed by atoms with van der Waals surface area (Å²) in [5, 5.41) is 10.7. The number of imidazole rings is 1. The Morgan fingerprint density at radius 2 is 1.77 bits per heavy atom. The lowest BCUT2D eigenvalue weighted by molar-refractivity contribution is -0.384. The van der Waals surface area contributed by atoms with E-state index < -0.39 is 21.0 Å². The normalized spacial score (nSPS) is 12.7. The summed E-state index contributed by atoms with van der Waals surface area (Å²) in [6.45, 7) is 1.73. The third-order valence-electron chi connectivity index (χ3n) is 3.89. The van der Waals surface area contributed by atoms with Crippen molar-refractivity contribution in [3.8, 4) is 5.69 Å². The fourth-order valence-electron chi connectivity index (χ4n) is 2.46. The highest BCUT2D eigenvalue weighted by Crippen LogP contribution is 2.20. The number of nitro benzene ring substituents is 1. The number of hydrogen-bond acceptors (Lipinski definition) is 5. The SMILES string of the molecule is C[C@H](NS(=O)(=O)c1ccc([N+](=O)[O-])cc1)c1ccc(-n2ccnc2)cc1. The molecule has 3 aromatic rings. The van der Waals surface area contributed by atoms with Gasteiger partial charge in [-0.2, -0.15) is 0 Å². The number of hydrogen-bond donors (Lipinski definition) is 1. The Morgan fingerprint density at radius 3 is 2.31 bits per heavy atom. The van der Waals surface area contributed by atoms with Gasteiger partial charge in [0.1, 0.15) is 0 Å². The van der Waals surface area contributed by atoms with Crippen LogP contribution < -0.4 is 4.72 Å². The van der Waals surface area contributed by atoms with Crippen LogP contribution in [0, 0.1) is 10.1 Å². The number of benzene rings is 2. The molecule has 0 fully saturated rings. The second-order valence-electron chi connectivity index (χ2n) is 5.66. The van der Waals surface area contributed by atoms with Gasteiger partial charge in [-0.25, -0.2) is 18.1 Å². The van der Waals surface area contributed by atoms with Crippen LogP contribution in [0.5, 0.6) is 0 Å². The third-order valence-corrected chi connectivity index (χ3v) is 5.44. The highest BCUT2D eigenvalue weighted by Gasteiger charge is 2.19. The lowest BCUT2D eigenvalue weighted by Gasteiger charge is -2.15. The molecule has 134 valence electrons. The van der Waals surface area contributed by atoms with E-state index in [0.29, 0.717) is 0 Å². The zero-order valence-electron chi connectivity index (χ0n) is 13.8. The topological polar surface area (TPSA) is 107 Å². The van der Waals surface area contributed by atoms with Gasteiger partial charge in [-0.1, -0.05) is 12.1 Å². The highest BCUT2D eigenvalue weighted by molar-refractivity contribution is 7.89. The van der Waals surface area contributed by atoms with E-state index in [1.807, 2.05) is 35.0 Å². The fraction of sp³-hybridized carbons (Fsp3) is 0.118. The van der Waals surface area contributed by atoms with E-state index in [1.165, 1.54) is 24.3 Å². The lowest BCUT2D eigenvalue weighted by Crippen LogP contribution is -2.26. The van der Waals surface area contributed by atoms with Gasteiger partial charge in [-0.3, -0.25) is 10.1 Å². The first kappa shape index (κ1) is 17.8. The number of non-ortho nitro benzene ring substituents is 1. The van der Waals surface area contributed by atoms with Crippen LogP contribution in [0.2, 0.25) is 0 Å². The van der Waals surface area contributed by atoms with Crippen molar-refractivity contribution < 1.29 is 13.3 Å². The minimum Gasteiger partial charge on any atom is -0.306 e. The van der Waals surface area contributed by atoms with E-state index in [9.17, 15) is 18.5 Å². The van der Waals surface area contributed by atoms with Crippen LogP contribution in [0.3, 0.4) is 0 Å². The van der Waals surface area contributed by atoms with Crippen LogP contribution in [-0.4, -0.2) is 22.9 Å². The molecule has 0 saturated heterocycles. The zero-order valence-corrected chi connectivity index (χ0v) is 14.6. The molecular formula is C17H16N4O4S. The number of aromatic nitrogens is 2. The summed E-state index contributed by atoms with van der Waals surface area (Å²) in [5.74, 6) is 0. The largest absolute Gasteiger partial charge is 0.306 e. The first-order valence-electron chi connectivity index (χ1n) is 7.72. The van der Waals surface area contributed by atoms with Crippen molar-refractivity contribution in [3.63, 3.8) is 0 Å². The minimum absolute atomic E-state index is 0.0232. The standard InChI is InChI=1S/C17H16N4O4S/c1-13(14-2-4-15(5-3-14)20-11-10-18-12-20)19-26(24,25)17-8-6-16(7-9-17)21(22)23/h2-13,19H,1H3/t13-/m0/s1. The summed E-state index contributed by atoms with van der Waals surface area (Å²) in [4.78, 5) is 14.1. The first-order valence-corrected chi connectivity index (χ1v) is 9.20. The molecule has 3 rings (SSSR count). The van der Waals surface area contributed by atoms with Gasteiger partial charge in [0.15, 0.2) is 0 Å². The predicted octanol–water partition coefficient (Wildman–Crippen LogP) is 2.82. The molecule has 2 aromatic carbocycles. The molecule has 0 amide bonds. The molecule has 0 radical (unpaired) electrons. The quantitative estimate of drug-likeness (QED) is 0.529. The summed E-state index contributed by atoms with van der Waals surface area (Å²) in [7, 11) is -3.79. The van der Waals surface area contributed by atoms with Crippen molar-refractivity contribution >= 4 is 15.7 Å². The predicted molar refractivity (Wildman–Crippen MR) is 95.4 cm³/mol. The van der Waals surface area contributed by atoms with E-state index >= 15 is 0 Å². The minimum atomic E-state index is -3.79. The molecular weight excluding hydrogens is 356 g/mol. The van der Waals surface area contributed by atoms with Crippen LogP contribution in [0.25, 0.3) is 5.69 Å². The summed E-state index contributed by atoms with van der Waals surface area (Å²) < 4.78 is 29.3. The Bertz CT molecular complexity index is 998. The number of rotatable bonds is 6. The molecule has 0 bridgehead atoms. The third kappa shape index (κ3) is 3.79. The molecule has 0 aliphatic rings. The van der Waals surface area contributed by atoms with Crippen molar-refractivity contribution in [1.82, 2.24) is 14.3 Å². The van der Waals surface area contributed by atoms with E-state index in [0.717, 1.165) is 11.3 Å². The van der Waals surface area contributed by atoms with Gasteiger partial charge in [0.05, 0.1) is 16.1 Å². The van der Waals surface area contributed by atoms with Crippen LogP contribution in [-0.2, 0) is 10.0 Å². The van der Waals surface area contributed by atoms with Gasteiger partial charge in [-0.15, -0.1) is 0 Å². The maximum Gasteiger partial charge on any atom is 0.269 e. The molecule has 0 aliphatic heterocycles. The van der Waals surface area contributed by atoms with E-state index in [1.54, 1.807) is 19.4 Å². The molecule has 0 saturated carbocycles. The average molecular weight is 372 g/mol. The van der Waals surface area contributed by atoms with E-state index in [-0.39, 0.29) is 10.6 Å². The molecule has 0 spiro atoms. The smallest absolute Gasteiger partial charge is 0.269 e. The van der Waals surface area contributed by atoms with E-state index in [4.69, 9.17) is 0 Å².